The molecular weight excluding hydrogens is 476 g/mol. The van der Waals surface area contributed by atoms with Crippen LogP contribution in [0, 0.1) is 0 Å². The molecule has 3 amide bonds. The highest BCUT2D eigenvalue weighted by molar-refractivity contribution is 5.96. The van der Waals surface area contributed by atoms with Crippen molar-refractivity contribution in [2.75, 3.05) is 22.5 Å². The van der Waals surface area contributed by atoms with Gasteiger partial charge in [-0.25, -0.2) is 0 Å². The van der Waals surface area contributed by atoms with Gasteiger partial charge in [0.25, 0.3) is 5.91 Å². The first-order valence-corrected chi connectivity index (χ1v) is 12.4. The Morgan fingerprint density at radius 1 is 0.579 bits per heavy atom. The second-order valence-electron chi connectivity index (χ2n) is 8.76. The van der Waals surface area contributed by atoms with E-state index in [0.29, 0.717) is 36.3 Å². The second-order valence-corrected chi connectivity index (χ2v) is 8.76. The average Bonchev–Trinajstić information content (AvgIpc) is 2.95. The molecule has 4 aromatic carbocycles. The lowest BCUT2D eigenvalue weighted by molar-refractivity contribution is -0.116. The lowest BCUT2D eigenvalue weighted by Gasteiger charge is -2.11. The summed E-state index contributed by atoms with van der Waals surface area (Å²) < 4.78 is 0. The van der Waals surface area contributed by atoms with E-state index in [0.717, 1.165) is 16.8 Å². The number of carbonyl (C=O) groups excluding carboxylic acids is 3. The van der Waals surface area contributed by atoms with Gasteiger partial charge in [-0.3, -0.25) is 14.4 Å². The van der Waals surface area contributed by atoms with Crippen molar-refractivity contribution in [2.45, 2.75) is 19.4 Å². The van der Waals surface area contributed by atoms with Gasteiger partial charge in [-0.15, -0.1) is 0 Å². The molecule has 7 heteroatoms. The lowest BCUT2D eigenvalue weighted by atomic mass is 10.1. The second kappa shape index (κ2) is 13.4. The number of carbonyl (C=O) groups is 3. The Morgan fingerprint density at radius 2 is 1.18 bits per heavy atom. The molecule has 0 heterocycles. The highest BCUT2D eigenvalue weighted by Crippen LogP contribution is 2.16. The van der Waals surface area contributed by atoms with Crippen LogP contribution in [-0.2, 0) is 22.6 Å². The van der Waals surface area contributed by atoms with Crippen LogP contribution < -0.4 is 21.3 Å². The van der Waals surface area contributed by atoms with Crippen LogP contribution in [0.3, 0.4) is 0 Å². The molecule has 4 rings (SSSR count). The molecule has 0 bridgehead atoms. The fourth-order valence-electron chi connectivity index (χ4n) is 3.81. The summed E-state index contributed by atoms with van der Waals surface area (Å²) in [6, 6.07) is 33.5. The van der Waals surface area contributed by atoms with Crippen molar-refractivity contribution in [1.29, 1.82) is 0 Å². The Hall–Kier alpha value is -4.91. The van der Waals surface area contributed by atoms with E-state index in [-0.39, 0.29) is 24.3 Å². The molecule has 4 N–H and O–H groups in total. The maximum Gasteiger partial charge on any atom is 0.251 e. The number of benzene rings is 4. The fraction of sp³-hybridized carbons (Fsp3) is 0.129. The average molecular weight is 507 g/mol. The smallest absolute Gasteiger partial charge is 0.251 e. The Morgan fingerprint density at radius 3 is 1.84 bits per heavy atom. The standard InChI is InChI=1S/C31H30N4O3/c36-29(19-14-23-8-3-1-4-9-23)34-27-12-7-13-28(20-27)35-30(37)22-32-26-17-15-25(16-18-26)31(38)33-21-24-10-5-2-6-11-24/h1-13,15-18,20,32H,14,19,21-22H2,(H,33,38)(H,34,36)(H,35,37). The zero-order valence-corrected chi connectivity index (χ0v) is 20.9. The van der Waals surface area contributed by atoms with Gasteiger partial charge in [0.1, 0.15) is 0 Å². The van der Waals surface area contributed by atoms with Gasteiger partial charge in [0.2, 0.25) is 11.8 Å². The first kappa shape index (κ1) is 26.2. The van der Waals surface area contributed by atoms with Gasteiger partial charge >= 0.3 is 0 Å². The molecule has 0 aliphatic carbocycles. The third-order valence-corrected chi connectivity index (χ3v) is 5.81. The summed E-state index contributed by atoms with van der Waals surface area (Å²) in [5.74, 6) is -0.483. The quantitative estimate of drug-likeness (QED) is 0.224. The number of anilines is 3. The molecule has 0 aliphatic rings. The molecule has 0 saturated heterocycles. The van der Waals surface area contributed by atoms with Crippen LogP contribution in [0.25, 0.3) is 0 Å². The largest absolute Gasteiger partial charge is 0.376 e. The summed E-state index contributed by atoms with van der Waals surface area (Å²) in [5, 5.41) is 11.7. The fourth-order valence-corrected chi connectivity index (χ4v) is 3.81. The van der Waals surface area contributed by atoms with Crippen LogP contribution >= 0.6 is 0 Å². The van der Waals surface area contributed by atoms with Crippen LogP contribution in [0.4, 0.5) is 17.1 Å². The molecule has 0 saturated carbocycles. The van der Waals surface area contributed by atoms with Crippen molar-refractivity contribution in [3.8, 4) is 0 Å². The van der Waals surface area contributed by atoms with Gasteiger partial charge in [-0.1, -0.05) is 66.7 Å². The van der Waals surface area contributed by atoms with Crippen LogP contribution in [0.1, 0.15) is 27.9 Å². The van der Waals surface area contributed by atoms with Crippen LogP contribution in [-0.4, -0.2) is 24.3 Å². The maximum absolute atomic E-state index is 12.4. The molecule has 0 unspecified atom stereocenters. The molecule has 192 valence electrons. The van der Waals surface area contributed by atoms with E-state index in [1.807, 2.05) is 60.7 Å². The number of hydrogen-bond donors (Lipinski definition) is 4. The minimum Gasteiger partial charge on any atom is -0.376 e. The molecule has 7 nitrogen and oxygen atoms in total. The number of rotatable bonds is 11. The van der Waals surface area contributed by atoms with E-state index >= 15 is 0 Å². The molecule has 0 atom stereocenters. The minimum atomic E-state index is -0.234. The third-order valence-electron chi connectivity index (χ3n) is 5.81. The molecular formula is C31H30N4O3. The first-order chi connectivity index (χ1) is 18.5. The summed E-state index contributed by atoms with van der Waals surface area (Å²) >= 11 is 0. The van der Waals surface area contributed by atoms with E-state index in [1.54, 1.807) is 48.5 Å². The molecule has 0 aromatic heterocycles. The van der Waals surface area contributed by atoms with Crippen LogP contribution in [0.5, 0.6) is 0 Å². The van der Waals surface area contributed by atoms with Crippen molar-refractivity contribution in [1.82, 2.24) is 5.32 Å². The highest BCUT2D eigenvalue weighted by atomic mass is 16.2. The molecule has 4 aromatic rings. The van der Waals surface area contributed by atoms with E-state index in [4.69, 9.17) is 0 Å². The minimum absolute atomic E-state index is 0.0488. The van der Waals surface area contributed by atoms with Crippen molar-refractivity contribution < 1.29 is 14.4 Å². The molecule has 0 radical (unpaired) electrons. The SMILES string of the molecule is O=C(CCc1ccccc1)Nc1cccc(NC(=O)CNc2ccc(C(=O)NCc3ccccc3)cc2)c1. The topological polar surface area (TPSA) is 99.3 Å². The van der Waals surface area contributed by atoms with E-state index in [1.165, 1.54) is 0 Å². The first-order valence-electron chi connectivity index (χ1n) is 12.4. The number of nitrogens with one attached hydrogen (secondary N) is 4. The summed E-state index contributed by atoms with van der Waals surface area (Å²) in [4.78, 5) is 37.1. The predicted octanol–water partition coefficient (Wildman–Crippen LogP) is 5.24. The number of hydrogen-bond acceptors (Lipinski definition) is 4. The molecule has 0 aliphatic heterocycles. The van der Waals surface area contributed by atoms with Crippen molar-refractivity contribution in [3.05, 3.63) is 126 Å². The van der Waals surface area contributed by atoms with Gasteiger partial charge in [0, 0.05) is 35.6 Å². The van der Waals surface area contributed by atoms with Crippen molar-refractivity contribution in [3.63, 3.8) is 0 Å². The highest BCUT2D eigenvalue weighted by Gasteiger charge is 2.08. The van der Waals surface area contributed by atoms with Crippen LogP contribution in [0.15, 0.2) is 109 Å². The molecule has 38 heavy (non-hydrogen) atoms. The van der Waals surface area contributed by atoms with Gasteiger partial charge in [0.15, 0.2) is 0 Å². The molecule has 0 fully saturated rings. The van der Waals surface area contributed by atoms with Crippen molar-refractivity contribution >= 4 is 34.8 Å². The van der Waals surface area contributed by atoms with Gasteiger partial charge in [0.05, 0.1) is 6.54 Å². The van der Waals surface area contributed by atoms with Gasteiger partial charge in [-0.2, -0.15) is 0 Å². The summed E-state index contributed by atoms with van der Waals surface area (Å²) in [6.07, 6.45) is 1.03. The van der Waals surface area contributed by atoms with E-state index < -0.39 is 0 Å². The maximum atomic E-state index is 12.4. The number of aryl methyl sites for hydroxylation is 1. The summed E-state index contributed by atoms with van der Waals surface area (Å²) in [7, 11) is 0. The lowest BCUT2D eigenvalue weighted by Crippen LogP contribution is -2.23. The van der Waals surface area contributed by atoms with Gasteiger partial charge in [-0.05, 0) is 60.0 Å². The third kappa shape index (κ3) is 8.34. The van der Waals surface area contributed by atoms with Crippen LogP contribution in [0.2, 0.25) is 0 Å². The zero-order valence-electron chi connectivity index (χ0n) is 20.9. The zero-order chi connectivity index (χ0) is 26.6. The van der Waals surface area contributed by atoms with E-state index in [2.05, 4.69) is 21.3 Å². The Balaban J connectivity index is 1.20. The monoisotopic (exact) mass is 506 g/mol. The Bertz CT molecular complexity index is 1360. The Labute approximate surface area is 222 Å². The summed E-state index contributed by atoms with van der Waals surface area (Å²) in [5.41, 5.74) is 4.61. The van der Waals surface area contributed by atoms with Gasteiger partial charge < -0.3 is 21.3 Å². The normalized spacial score (nSPS) is 10.3. The van der Waals surface area contributed by atoms with E-state index in [9.17, 15) is 14.4 Å². The predicted molar refractivity (Wildman–Crippen MR) is 151 cm³/mol. The van der Waals surface area contributed by atoms with Crippen molar-refractivity contribution in [2.24, 2.45) is 0 Å². The number of amides is 3. The summed E-state index contributed by atoms with van der Waals surface area (Å²) in [6.45, 7) is 0.506. The Kier molecular flexibility index (Phi) is 9.23. The molecule has 0 spiro atoms.